The number of aryl methyl sites for hydroxylation is 3. The van der Waals surface area contributed by atoms with Crippen LogP contribution in [0.3, 0.4) is 0 Å². The molecule has 0 fully saturated rings. The molecule has 17 heavy (non-hydrogen) atoms. The van der Waals surface area contributed by atoms with Crippen molar-refractivity contribution < 1.29 is 4.92 Å². The van der Waals surface area contributed by atoms with Crippen molar-refractivity contribution in [1.29, 1.82) is 0 Å². The average molecular weight is 232 g/mol. The van der Waals surface area contributed by atoms with E-state index in [1.807, 2.05) is 32.0 Å². The van der Waals surface area contributed by atoms with Gasteiger partial charge in [0.25, 0.3) is 0 Å². The van der Waals surface area contributed by atoms with Gasteiger partial charge < -0.3 is 10.1 Å². The fourth-order valence-electron chi connectivity index (χ4n) is 1.81. The van der Waals surface area contributed by atoms with Crippen LogP contribution in [0.4, 0.5) is 5.95 Å². The Morgan fingerprint density at radius 1 is 1.24 bits per heavy atom. The van der Waals surface area contributed by atoms with E-state index in [2.05, 4.69) is 10.2 Å². The van der Waals surface area contributed by atoms with Gasteiger partial charge in [0, 0.05) is 6.92 Å². The Hall–Kier alpha value is -2.24. The molecule has 1 aromatic heterocycles. The Morgan fingerprint density at radius 2 is 1.94 bits per heavy atom. The van der Waals surface area contributed by atoms with Gasteiger partial charge in [0.2, 0.25) is 5.82 Å². The second kappa shape index (κ2) is 3.97. The van der Waals surface area contributed by atoms with Crippen LogP contribution in [0.5, 0.6) is 0 Å². The van der Waals surface area contributed by atoms with Gasteiger partial charge in [0.15, 0.2) is 0 Å². The van der Waals surface area contributed by atoms with E-state index in [1.54, 1.807) is 6.92 Å². The first kappa shape index (κ1) is 11.3. The molecule has 0 spiro atoms. The lowest BCUT2D eigenvalue weighted by Gasteiger charge is -2.06. The highest BCUT2D eigenvalue weighted by Gasteiger charge is 2.22. The van der Waals surface area contributed by atoms with Crippen LogP contribution in [0.2, 0.25) is 0 Å². The van der Waals surface area contributed by atoms with Crippen molar-refractivity contribution in [3.8, 4) is 5.69 Å². The normalized spacial score (nSPS) is 10.5. The number of rotatable bonds is 2. The molecule has 0 atom stereocenters. The highest BCUT2D eigenvalue weighted by Crippen LogP contribution is 2.22. The molecule has 0 unspecified atom stereocenters. The summed E-state index contributed by atoms with van der Waals surface area (Å²) < 4.78 is 1.45. The fraction of sp³-hybridized carbons (Fsp3) is 0.273. The van der Waals surface area contributed by atoms with Gasteiger partial charge in [-0.1, -0.05) is 17.7 Å². The molecule has 0 aliphatic heterocycles. The molecule has 6 nitrogen and oxygen atoms in total. The van der Waals surface area contributed by atoms with E-state index in [0.717, 1.165) is 16.8 Å². The predicted molar refractivity (Wildman–Crippen MR) is 62.2 cm³/mol. The van der Waals surface area contributed by atoms with Crippen LogP contribution in [0.1, 0.15) is 17.0 Å². The fourth-order valence-corrected chi connectivity index (χ4v) is 1.81. The summed E-state index contributed by atoms with van der Waals surface area (Å²) >= 11 is 0. The number of aromatic nitrogens is 3. The molecule has 0 bridgehead atoms. The molecule has 0 saturated heterocycles. The number of benzene rings is 1. The van der Waals surface area contributed by atoms with Crippen LogP contribution in [-0.4, -0.2) is 19.7 Å². The van der Waals surface area contributed by atoms with Gasteiger partial charge in [-0.2, -0.15) is 4.57 Å². The van der Waals surface area contributed by atoms with Crippen molar-refractivity contribution in [2.75, 3.05) is 0 Å². The molecule has 0 saturated carbocycles. The highest BCUT2D eigenvalue weighted by molar-refractivity contribution is 5.45. The number of nitrogens with zero attached hydrogens (tertiary/aromatic N) is 4. The van der Waals surface area contributed by atoms with Crippen LogP contribution in [-0.2, 0) is 0 Å². The van der Waals surface area contributed by atoms with Gasteiger partial charge in [-0.15, -0.1) is 0 Å². The van der Waals surface area contributed by atoms with E-state index in [-0.39, 0.29) is 5.95 Å². The Bertz CT molecular complexity index is 589. The summed E-state index contributed by atoms with van der Waals surface area (Å²) in [7, 11) is 0. The molecular formula is C11H12N4O2. The van der Waals surface area contributed by atoms with Crippen LogP contribution in [0, 0.1) is 30.9 Å². The highest BCUT2D eigenvalue weighted by atomic mass is 16.6. The monoisotopic (exact) mass is 232 g/mol. The third-order valence-electron chi connectivity index (χ3n) is 2.56. The van der Waals surface area contributed by atoms with Gasteiger partial charge in [-0.05, 0) is 35.5 Å². The predicted octanol–water partition coefficient (Wildman–Crippen LogP) is 2.10. The summed E-state index contributed by atoms with van der Waals surface area (Å²) in [6.07, 6.45) is 0. The van der Waals surface area contributed by atoms with Gasteiger partial charge in [-0.3, -0.25) is 0 Å². The van der Waals surface area contributed by atoms with E-state index in [4.69, 9.17) is 0 Å². The van der Waals surface area contributed by atoms with Crippen molar-refractivity contribution in [2.24, 2.45) is 0 Å². The average Bonchev–Trinajstić information content (AvgIpc) is 2.60. The first-order chi connectivity index (χ1) is 8.00. The molecule has 1 aromatic carbocycles. The third-order valence-corrected chi connectivity index (χ3v) is 2.56. The van der Waals surface area contributed by atoms with Gasteiger partial charge >= 0.3 is 5.95 Å². The summed E-state index contributed by atoms with van der Waals surface area (Å²) in [5, 5.41) is 18.2. The van der Waals surface area contributed by atoms with Crippen molar-refractivity contribution >= 4 is 5.95 Å². The standard InChI is InChI=1S/C11H12N4O2/c1-7-4-5-10(8(2)6-7)14-9(3)12-13-11(14)15(16)17/h4-6H,1-3H3. The first-order valence-corrected chi connectivity index (χ1v) is 5.14. The molecule has 0 radical (unpaired) electrons. The Labute approximate surface area is 98.1 Å². The number of nitro groups is 1. The second-order valence-corrected chi connectivity index (χ2v) is 3.93. The minimum Gasteiger partial charge on any atom is -0.390 e. The number of hydrogen-bond donors (Lipinski definition) is 0. The Morgan fingerprint density at radius 3 is 2.53 bits per heavy atom. The molecule has 6 heteroatoms. The summed E-state index contributed by atoms with van der Waals surface area (Å²) in [4.78, 5) is 10.3. The summed E-state index contributed by atoms with van der Waals surface area (Å²) in [5.41, 5.74) is 2.81. The Kier molecular flexibility index (Phi) is 2.63. The molecule has 2 rings (SSSR count). The van der Waals surface area contributed by atoms with Gasteiger partial charge in [0.1, 0.15) is 5.69 Å². The van der Waals surface area contributed by atoms with Crippen LogP contribution in [0.15, 0.2) is 18.2 Å². The molecule has 0 aliphatic carbocycles. The zero-order valence-corrected chi connectivity index (χ0v) is 9.84. The van der Waals surface area contributed by atoms with E-state index in [1.165, 1.54) is 4.57 Å². The van der Waals surface area contributed by atoms with Gasteiger partial charge in [0.05, 0.1) is 5.10 Å². The first-order valence-electron chi connectivity index (χ1n) is 5.14. The van der Waals surface area contributed by atoms with Crippen molar-refractivity contribution in [3.05, 3.63) is 45.3 Å². The lowest BCUT2D eigenvalue weighted by Crippen LogP contribution is -2.04. The van der Waals surface area contributed by atoms with Crippen LogP contribution in [0.25, 0.3) is 5.69 Å². The maximum Gasteiger partial charge on any atom is 0.463 e. The molecular weight excluding hydrogens is 220 g/mol. The molecule has 2 aromatic rings. The lowest BCUT2D eigenvalue weighted by molar-refractivity contribution is -0.395. The zero-order chi connectivity index (χ0) is 12.6. The lowest BCUT2D eigenvalue weighted by atomic mass is 10.1. The molecule has 0 N–H and O–H groups in total. The summed E-state index contributed by atoms with van der Waals surface area (Å²) in [6, 6.07) is 5.72. The van der Waals surface area contributed by atoms with Gasteiger partial charge in [-0.25, -0.2) is 0 Å². The van der Waals surface area contributed by atoms with Crippen molar-refractivity contribution in [1.82, 2.24) is 14.8 Å². The van der Waals surface area contributed by atoms with Crippen molar-refractivity contribution in [3.63, 3.8) is 0 Å². The molecule has 0 amide bonds. The minimum absolute atomic E-state index is 0.255. The van der Waals surface area contributed by atoms with Crippen LogP contribution < -0.4 is 0 Å². The minimum atomic E-state index is -0.528. The van der Waals surface area contributed by atoms with Crippen LogP contribution >= 0.6 is 0 Å². The Balaban J connectivity index is 2.67. The SMILES string of the molecule is Cc1ccc(-n2c(C)nnc2[N+](=O)[O-])c(C)c1. The van der Waals surface area contributed by atoms with E-state index in [9.17, 15) is 10.1 Å². The topological polar surface area (TPSA) is 73.8 Å². The summed E-state index contributed by atoms with van der Waals surface area (Å²) in [5.74, 6) is 0.248. The molecule has 0 aliphatic rings. The van der Waals surface area contributed by atoms with E-state index >= 15 is 0 Å². The number of hydrogen-bond acceptors (Lipinski definition) is 4. The quantitative estimate of drug-likeness (QED) is 0.587. The van der Waals surface area contributed by atoms with Crippen molar-refractivity contribution in [2.45, 2.75) is 20.8 Å². The largest absolute Gasteiger partial charge is 0.463 e. The van der Waals surface area contributed by atoms with E-state index < -0.39 is 4.92 Å². The smallest absolute Gasteiger partial charge is 0.390 e. The van der Waals surface area contributed by atoms with E-state index in [0.29, 0.717) is 5.82 Å². The molecule has 88 valence electrons. The second-order valence-electron chi connectivity index (χ2n) is 3.93. The maximum atomic E-state index is 10.9. The summed E-state index contributed by atoms with van der Waals surface area (Å²) in [6.45, 7) is 5.58. The molecule has 1 heterocycles. The zero-order valence-electron chi connectivity index (χ0n) is 9.84. The third kappa shape index (κ3) is 1.89. The maximum absolute atomic E-state index is 10.9.